The highest BCUT2D eigenvalue weighted by Crippen LogP contribution is 2.08. The normalized spacial score (nSPS) is 13.1. The Morgan fingerprint density at radius 1 is 1.33 bits per heavy atom. The lowest BCUT2D eigenvalue weighted by atomic mass is 10.0. The molecule has 7 heteroatoms. The van der Waals surface area contributed by atoms with E-state index in [1.165, 1.54) is 12.8 Å². The van der Waals surface area contributed by atoms with Crippen LogP contribution in [0.2, 0.25) is 0 Å². The fraction of sp³-hybridized carbons (Fsp3) is 0.786. The van der Waals surface area contributed by atoms with Crippen LogP contribution in [-0.4, -0.2) is 28.7 Å². The standard InChI is InChI=1S/C14H27N5O.HI/c1-10(2)6-5-7-11(3)17-14(15)16-9-8-13-18-12(4)19-20-13;/h10-11H,5-9H2,1-4H3,(H3,15,16,17);1H. The summed E-state index contributed by atoms with van der Waals surface area (Å²) in [6.45, 7) is 8.97. The third kappa shape index (κ3) is 9.65. The Balaban J connectivity index is 0.00000400. The second kappa shape index (κ2) is 10.8. The van der Waals surface area contributed by atoms with Crippen LogP contribution in [0.25, 0.3) is 0 Å². The molecule has 0 amide bonds. The Morgan fingerprint density at radius 3 is 2.62 bits per heavy atom. The molecule has 6 nitrogen and oxygen atoms in total. The summed E-state index contributed by atoms with van der Waals surface area (Å²) < 4.78 is 5.01. The molecule has 122 valence electrons. The number of aliphatic imine (C=N–C) groups is 1. The maximum absolute atomic E-state index is 5.85. The largest absolute Gasteiger partial charge is 0.370 e. The van der Waals surface area contributed by atoms with E-state index in [2.05, 4.69) is 41.2 Å². The van der Waals surface area contributed by atoms with E-state index in [0.29, 0.717) is 36.7 Å². The van der Waals surface area contributed by atoms with Gasteiger partial charge in [0.1, 0.15) is 0 Å². The number of nitrogens with zero attached hydrogens (tertiary/aromatic N) is 3. The van der Waals surface area contributed by atoms with Crippen molar-refractivity contribution in [1.82, 2.24) is 15.5 Å². The molecule has 21 heavy (non-hydrogen) atoms. The van der Waals surface area contributed by atoms with Crippen molar-refractivity contribution in [3.8, 4) is 0 Å². The van der Waals surface area contributed by atoms with Crippen LogP contribution in [0, 0.1) is 12.8 Å². The minimum absolute atomic E-state index is 0. The highest BCUT2D eigenvalue weighted by Gasteiger charge is 2.05. The van der Waals surface area contributed by atoms with Crippen LogP contribution in [0.1, 0.15) is 51.7 Å². The van der Waals surface area contributed by atoms with E-state index in [1.54, 1.807) is 6.92 Å². The Hall–Kier alpha value is -0.860. The first-order valence-electron chi connectivity index (χ1n) is 7.33. The maximum atomic E-state index is 5.85. The third-order valence-corrected chi connectivity index (χ3v) is 2.99. The number of rotatable bonds is 8. The molecule has 1 atom stereocenters. The predicted octanol–water partition coefficient (Wildman–Crippen LogP) is 2.66. The molecule has 0 aliphatic rings. The van der Waals surface area contributed by atoms with Crippen molar-refractivity contribution in [2.45, 2.75) is 59.4 Å². The molecule has 0 aliphatic carbocycles. The van der Waals surface area contributed by atoms with Crippen molar-refractivity contribution in [2.24, 2.45) is 16.6 Å². The van der Waals surface area contributed by atoms with Gasteiger partial charge in [-0.3, -0.25) is 4.99 Å². The van der Waals surface area contributed by atoms with Gasteiger partial charge in [0.05, 0.1) is 6.54 Å². The molecule has 1 heterocycles. The summed E-state index contributed by atoms with van der Waals surface area (Å²) in [6.07, 6.45) is 4.18. The van der Waals surface area contributed by atoms with Gasteiger partial charge in [0, 0.05) is 12.5 Å². The summed E-state index contributed by atoms with van der Waals surface area (Å²) in [4.78, 5) is 8.38. The van der Waals surface area contributed by atoms with Gasteiger partial charge in [0.25, 0.3) is 0 Å². The van der Waals surface area contributed by atoms with Crippen molar-refractivity contribution < 1.29 is 4.52 Å². The number of aromatic nitrogens is 2. The van der Waals surface area contributed by atoms with Crippen molar-refractivity contribution in [1.29, 1.82) is 0 Å². The molecular weight excluding hydrogens is 381 g/mol. The number of hydrogen-bond acceptors (Lipinski definition) is 4. The molecule has 1 unspecified atom stereocenters. The Labute approximate surface area is 144 Å². The summed E-state index contributed by atoms with van der Waals surface area (Å²) in [7, 11) is 0. The topological polar surface area (TPSA) is 89.3 Å². The summed E-state index contributed by atoms with van der Waals surface area (Å²) in [5.74, 6) is 2.49. The molecule has 1 rings (SSSR count). The Bertz CT molecular complexity index is 419. The number of hydrogen-bond donors (Lipinski definition) is 2. The zero-order valence-electron chi connectivity index (χ0n) is 13.4. The lowest BCUT2D eigenvalue weighted by Crippen LogP contribution is -2.38. The molecule has 0 spiro atoms. The molecule has 0 fully saturated rings. The van der Waals surface area contributed by atoms with E-state index in [0.717, 1.165) is 12.3 Å². The smallest absolute Gasteiger partial charge is 0.228 e. The van der Waals surface area contributed by atoms with Crippen molar-refractivity contribution in [3.05, 3.63) is 11.7 Å². The van der Waals surface area contributed by atoms with E-state index >= 15 is 0 Å². The molecule has 0 saturated carbocycles. The lowest BCUT2D eigenvalue weighted by Gasteiger charge is -2.14. The monoisotopic (exact) mass is 409 g/mol. The fourth-order valence-corrected chi connectivity index (χ4v) is 1.92. The molecular formula is C14H28IN5O. The van der Waals surface area contributed by atoms with Crippen LogP contribution in [0.4, 0.5) is 0 Å². The van der Waals surface area contributed by atoms with Gasteiger partial charge in [-0.1, -0.05) is 31.8 Å². The van der Waals surface area contributed by atoms with Crippen molar-refractivity contribution >= 4 is 29.9 Å². The Kier molecular flexibility index (Phi) is 10.4. The molecule has 0 aromatic carbocycles. The minimum atomic E-state index is 0. The second-order valence-electron chi connectivity index (χ2n) is 5.62. The van der Waals surface area contributed by atoms with Crippen LogP contribution >= 0.6 is 24.0 Å². The zero-order chi connectivity index (χ0) is 15.0. The molecule has 1 aromatic rings. The molecule has 0 saturated heterocycles. The first-order chi connectivity index (χ1) is 9.47. The van der Waals surface area contributed by atoms with Gasteiger partial charge in [-0.05, 0) is 26.2 Å². The van der Waals surface area contributed by atoms with Gasteiger partial charge < -0.3 is 15.6 Å². The summed E-state index contributed by atoms with van der Waals surface area (Å²) in [6, 6.07) is 0.350. The first kappa shape index (κ1) is 20.1. The number of aryl methyl sites for hydroxylation is 1. The van der Waals surface area contributed by atoms with Crippen LogP contribution in [0.15, 0.2) is 9.52 Å². The van der Waals surface area contributed by atoms with E-state index in [1.807, 2.05) is 0 Å². The summed E-state index contributed by atoms with van der Waals surface area (Å²) >= 11 is 0. The van der Waals surface area contributed by atoms with Gasteiger partial charge in [-0.25, -0.2) is 0 Å². The second-order valence-corrected chi connectivity index (χ2v) is 5.62. The minimum Gasteiger partial charge on any atom is -0.370 e. The number of halogens is 1. The van der Waals surface area contributed by atoms with Crippen LogP contribution < -0.4 is 11.1 Å². The van der Waals surface area contributed by atoms with E-state index in [4.69, 9.17) is 10.3 Å². The van der Waals surface area contributed by atoms with Crippen LogP contribution in [-0.2, 0) is 6.42 Å². The van der Waals surface area contributed by atoms with Crippen molar-refractivity contribution in [2.75, 3.05) is 6.54 Å². The van der Waals surface area contributed by atoms with Gasteiger partial charge in [0.15, 0.2) is 11.8 Å². The van der Waals surface area contributed by atoms with Gasteiger partial charge >= 0.3 is 0 Å². The van der Waals surface area contributed by atoms with Crippen molar-refractivity contribution in [3.63, 3.8) is 0 Å². The zero-order valence-corrected chi connectivity index (χ0v) is 15.8. The maximum Gasteiger partial charge on any atom is 0.228 e. The van der Waals surface area contributed by atoms with E-state index in [9.17, 15) is 0 Å². The molecule has 0 aliphatic heterocycles. The number of nitrogens with one attached hydrogen (secondary N) is 1. The van der Waals surface area contributed by atoms with E-state index < -0.39 is 0 Å². The van der Waals surface area contributed by atoms with Gasteiger partial charge in [-0.15, -0.1) is 24.0 Å². The molecule has 1 aromatic heterocycles. The quantitative estimate of drug-likeness (QED) is 0.392. The molecule has 0 radical (unpaired) electrons. The lowest BCUT2D eigenvalue weighted by molar-refractivity contribution is 0.376. The van der Waals surface area contributed by atoms with Crippen LogP contribution in [0.3, 0.4) is 0 Å². The summed E-state index contributed by atoms with van der Waals surface area (Å²) in [5, 5.41) is 6.94. The third-order valence-electron chi connectivity index (χ3n) is 2.99. The number of nitrogens with two attached hydrogens (primary N) is 1. The van der Waals surface area contributed by atoms with Crippen LogP contribution in [0.5, 0.6) is 0 Å². The fourth-order valence-electron chi connectivity index (χ4n) is 1.92. The first-order valence-corrected chi connectivity index (χ1v) is 7.33. The average molecular weight is 409 g/mol. The van der Waals surface area contributed by atoms with Gasteiger partial charge in [-0.2, -0.15) is 4.98 Å². The summed E-state index contributed by atoms with van der Waals surface area (Å²) in [5.41, 5.74) is 5.85. The number of guanidine groups is 1. The molecule has 0 bridgehead atoms. The predicted molar refractivity (Wildman–Crippen MR) is 95.9 cm³/mol. The van der Waals surface area contributed by atoms with E-state index in [-0.39, 0.29) is 24.0 Å². The molecule has 3 N–H and O–H groups in total. The highest BCUT2D eigenvalue weighted by molar-refractivity contribution is 14.0. The highest BCUT2D eigenvalue weighted by atomic mass is 127. The van der Waals surface area contributed by atoms with Gasteiger partial charge in [0.2, 0.25) is 5.89 Å². The Morgan fingerprint density at radius 2 is 2.05 bits per heavy atom. The SMILES string of the molecule is Cc1noc(CCN=C(N)NC(C)CCCC(C)C)n1.I. The average Bonchev–Trinajstić information content (AvgIpc) is 2.74.